The van der Waals surface area contributed by atoms with Gasteiger partial charge in [0.15, 0.2) is 0 Å². The van der Waals surface area contributed by atoms with Gasteiger partial charge in [0.25, 0.3) is 5.91 Å². The molecule has 2 aromatic rings. The minimum Gasteiger partial charge on any atom is -0.435 e. The highest BCUT2D eigenvalue weighted by atomic mass is 35.5. The fraction of sp³-hybridized carbons (Fsp3) is 0.278. The number of carbonyl (C=O) groups is 1. The number of hydrogen-bond donors (Lipinski definition) is 1. The maximum atomic E-state index is 12.7. The van der Waals surface area contributed by atoms with Crippen LogP contribution in [0, 0.1) is 0 Å². The molecule has 0 unspecified atom stereocenters. The summed E-state index contributed by atoms with van der Waals surface area (Å²) in [4.78, 5) is 12.3. The molecule has 0 bridgehead atoms. The quantitative estimate of drug-likeness (QED) is 0.677. The molecule has 0 aromatic heterocycles. The second kappa shape index (κ2) is 9.31. The summed E-state index contributed by atoms with van der Waals surface area (Å²) in [6, 6.07) is 9.32. The zero-order chi connectivity index (χ0) is 20.9. The van der Waals surface area contributed by atoms with Gasteiger partial charge in [0, 0.05) is 24.3 Å². The number of nitrogens with one attached hydrogen (secondary N) is 1. The third kappa shape index (κ3) is 5.18. The summed E-state index contributed by atoms with van der Waals surface area (Å²) in [6.45, 7) is 0.928. The molecule has 0 saturated carbocycles. The predicted molar refractivity (Wildman–Crippen MR) is 103 cm³/mol. The Labute approximate surface area is 167 Å². The average molecular weight is 433 g/mol. The van der Waals surface area contributed by atoms with Gasteiger partial charge in [0.05, 0.1) is 5.02 Å². The van der Waals surface area contributed by atoms with Crippen LogP contribution >= 0.6 is 11.6 Å². The Morgan fingerprint density at radius 3 is 2.46 bits per heavy atom. The molecule has 0 atom stereocenters. The molecule has 0 heterocycles. The van der Waals surface area contributed by atoms with Gasteiger partial charge in [0.1, 0.15) is 10.6 Å². The molecule has 0 aliphatic rings. The summed E-state index contributed by atoms with van der Waals surface area (Å²) in [5.74, 6) is -0.781. The largest absolute Gasteiger partial charge is 0.435 e. The zero-order valence-electron chi connectivity index (χ0n) is 15.2. The summed E-state index contributed by atoms with van der Waals surface area (Å²) in [6.07, 6.45) is 0. The van der Waals surface area contributed by atoms with E-state index in [0.29, 0.717) is 0 Å². The van der Waals surface area contributed by atoms with Crippen molar-refractivity contribution in [3.05, 3.63) is 53.1 Å². The zero-order valence-corrected chi connectivity index (χ0v) is 16.7. The topological polar surface area (TPSA) is 75.7 Å². The lowest BCUT2D eigenvalue weighted by Gasteiger charge is -2.19. The Bertz CT molecular complexity index is 950. The van der Waals surface area contributed by atoms with Crippen LogP contribution in [0.5, 0.6) is 5.75 Å². The van der Waals surface area contributed by atoms with Gasteiger partial charge < -0.3 is 10.1 Å². The molecule has 6 nitrogen and oxygen atoms in total. The Morgan fingerprint density at radius 1 is 1.18 bits per heavy atom. The van der Waals surface area contributed by atoms with Crippen LogP contribution < -0.4 is 10.1 Å². The summed E-state index contributed by atoms with van der Waals surface area (Å²) >= 11 is 6.06. The smallest absolute Gasteiger partial charge is 0.387 e. The molecule has 0 aliphatic carbocycles. The van der Waals surface area contributed by atoms with E-state index >= 15 is 0 Å². The monoisotopic (exact) mass is 432 g/mol. The third-order valence-electron chi connectivity index (χ3n) is 3.83. The summed E-state index contributed by atoms with van der Waals surface area (Å²) in [7, 11) is -3.83. The Morgan fingerprint density at radius 2 is 1.86 bits per heavy atom. The Hall–Kier alpha value is -2.23. The second-order valence-corrected chi connectivity index (χ2v) is 7.91. The Kier molecular flexibility index (Phi) is 7.34. The minimum absolute atomic E-state index is 0.0252. The van der Waals surface area contributed by atoms with Crippen molar-refractivity contribution in [3.8, 4) is 5.75 Å². The van der Waals surface area contributed by atoms with Crippen LogP contribution in [0.3, 0.4) is 0 Å². The lowest BCUT2D eigenvalue weighted by atomic mass is 10.2. The first-order valence-corrected chi connectivity index (χ1v) is 10.2. The van der Waals surface area contributed by atoms with E-state index in [1.807, 2.05) is 0 Å². The average Bonchev–Trinajstić information content (AvgIpc) is 2.63. The molecule has 28 heavy (non-hydrogen) atoms. The van der Waals surface area contributed by atoms with Crippen molar-refractivity contribution in [3.63, 3.8) is 0 Å². The molecular formula is C18H19ClF2N2O4S. The number of nitrogens with zero attached hydrogens (tertiary/aromatic N) is 1. The number of ether oxygens (including phenoxy) is 1. The number of sulfonamides is 1. The van der Waals surface area contributed by atoms with Crippen LogP contribution in [0.2, 0.25) is 5.02 Å². The molecule has 1 amide bonds. The fourth-order valence-electron chi connectivity index (χ4n) is 2.50. The molecule has 10 heteroatoms. The van der Waals surface area contributed by atoms with Gasteiger partial charge in [0.2, 0.25) is 10.0 Å². The first-order valence-electron chi connectivity index (χ1n) is 8.35. The fourth-order valence-corrected chi connectivity index (χ4v) is 4.46. The summed E-state index contributed by atoms with van der Waals surface area (Å²) in [5, 5.41) is 2.56. The first kappa shape index (κ1) is 22.1. The maximum absolute atomic E-state index is 12.7. The van der Waals surface area contributed by atoms with Gasteiger partial charge in [-0.3, -0.25) is 4.79 Å². The summed E-state index contributed by atoms with van der Waals surface area (Å²) < 4.78 is 55.6. The van der Waals surface area contributed by atoms with E-state index in [2.05, 4.69) is 10.1 Å². The van der Waals surface area contributed by atoms with E-state index in [-0.39, 0.29) is 40.0 Å². The molecule has 0 fully saturated rings. The van der Waals surface area contributed by atoms with Crippen molar-refractivity contribution in [2.24, 2.45) is 0 Å². The van der Waals surface area contributed by atoms with E-state index in [9.17, 15) is 22.0 Å². The molecular weight excluding hydrogens is 414 g/mol. The van der Waals surface area contributed by atoms with Gasteiger partial charge in [-0.05, 0) is 36.4 Å². The third-order valence-corrected chi connectivity index (χ3v) is 6.37. The normalized spacial score (nSPS) is 11.7. The molecule has 2 rings (SSSR count). The standard InChI is InChI=1S/C18H19ClF2N2O4S/c1-3-23(4-2)28(25,26)16-11-13(8-9-15(16)19)22-17(24)12-6-5-7-14(10-12)27-18(20)21/h5-11,18H,3-4H2,1-2H3,(H,22,24). The molecule has 0 radical (unpaired) electrons. The van der Waals surface area contributed by atoms with Crippen LogP contribution in [0.25, 0.3) is 0 Å². The molecule has 0 saturated heterocycles. The van der Waals surface area contributed by atoms with E-state index in [0.717, 1.165) is 6.07 Å². The number of anilines is 1. The first-order chi connectivity index (χ1) is 13.2. The lowest BCUT2D eigenvalue weighted by molar-refractivity contribution is -0.0498. The van der Waals surface area contributed by atoms with E-state index < -0.39 is 22.5 Å². The van der Waals surface area contributed by atoms with Crippen molar-refractivity contribution in [2.75, 3.05) is 18.4 Å². The van der Waals surface area contributed by atoms with E-state index in [4.69, 9.17) is 11.6 Å². The minimum atomic E-state index is -3.83. The van der Waals surface area contributed by atoms with Crippen molar-refractivity contribution in [1.29, 1.82) is 0 Å². The molecule has 0 spiro atoms. The Balaban J connectivity index is 2.29. The predicted octanol–water partition coefficient (Wildman–Crippen LogP) is 4.22. The van der Waals surface area contributed by atoms with Crippen molar-refractivity contribution < 1.29 is 26.7 Å². The van der Waals surface area contributed by atoms with Gasteiger partial charge in [-0.25, -0.2) is 8.42 Å². The second-order valence-electron chi connectivity index (χ2n) is 5.59. The van der Waals surface area contributed by atoms with E-state index in [1.54, 1.807) is 13.8 Å². The van der Waals surface area contributed by atoms with Crippen LogP contribution in [-0.4, -0.2) is 38.3 Å². The number of amides is 1. The van der Waals surface area contributed by atoms with Gasteiger partial charge in [-0.1, -0.05) is 31.5 Å². The number of halogens is 3. The van der Waals surface area contributed by atoms with Crippen LogP contribution in [0.4, 0.5) is 14.5 Å². The number of carbonyl (C=O) groups excluding carboxylic acids is 1. The number of benzene rings is 2. The highest BCUT2D eigenvalue weighted by molar-refractivity contribution is 7.89. The van der Waals surface area contributed by atoms with Crippen LogP contribution in [-0.2, 0) is 10.0 Å². The molecule has 152 valence electrons. The van der Waals surface area contributed by atoms with Gasteiger partial charge in [-0.2, -0.15) is 13.1 Å². The van der Waals surface area contributed by atoms with Crippen molar-refractivity contribution in [1.82, 2.24) is 4.31 Å². The highest BCUT2D eigenvalue weighted by Crippen LogP contribution is 2.28. The van der Waals surface area contributed by atoms with Gasteiger partial charge >= 0.3 is 6.61 Å². The van der Waals surface area contributed by atoms with Crippen molar-refractivity contribution in [2.45, 2.75) is 25.4 Å². The number of hydrogen-bond acceptors (Lipinski definition) is 4. The van der Waals surface area contributed by atoms with Gasteiger partial charge in [-0.15, -0.1) is 0 Å². The van der Waals surface area contributed by atoms with Crippen LogP contribution in [0.15, 0.2) is 47.4 Å². The molecule has 0 aliphatic heterocycles. The maximum Gasteiger partial charge on any atom is 0.387 e. The van der Waals surface area contributed by atoms with Crippen LogP contribution in [0.1, 0.15) is 24.2 Å². The van der Waals surface area contributed by atoms with E-state index in [1.165, 1.54) is 40.7 Å². The number of alkyl halides is 2. The van der Waals surface area contributed by atoms with Crippen molar-refractivity contribution >= 4 is 33.2 Å². The SMILES string of the molecule is CCN(CC)S(=O)(=O)c1cc(NC(=O)c2cccc(OC(F)F)c2)ccc1Cl. The number of rotatable bonds is 8. The molecule has 1 N–H and O–H groups in total. The highest BCUT2D eigenvalue weighted by Gasteiger charge is 2.25. The lowest BCUT2D eigenvalue weighted by Crippen LogP contribution is -2.30. The summed E-state index contributed by atoms with van der Waals surface area (Å²) in [5.41, 5.74) is 0.265. The molecule has 2 aromatic carbocycles.